The number of phosphoric acid groups is 1. The second kappa shape index (κ2) is 11.7. The number of ether oxygens (including phenoxy) is 2. The molecule has 212 valence electrons. The molecule has 2 unspecified atom stereocenters. The Morgan fingerprint density at radius 3 is 1.56 bits per heavy atom. The Morgan fingerprint density at radius 2 is 1.21 bits per heavy atom. The van der Waals surface area contributed by atoms with E-state index in [0.717, 1.165) is 0 Å². The maximum Gasteiger partial charge on any atom is 0.292 e. The van der Waals surface area contributed by atoms with Crippen molar-refractivity contribution in [3.8, 4) is 0 Å². The highest BCUT2D eigenvalue weighted by Crippen LogP contribution is 2.41. The zero-order valence-corrected chi connectivity index (χ0v) is 21.1. The third-order valence-corrected chi connectivity index (χ3v) is 7.20. The second-order valence-corrected chi connectivity index (χ2v) is 10.4. The van der Waals surface area contributed by atoms with Crippen molar-refractivity contribution in [3.63, 3.8) is 0 Å². The van der Waals surface area contributed by atoms with Gasteiger partial charge in [-0.05, 0) is 12.1 Å². The summed E-state index contributed by atoms with van der Waals surface area (Å²) in [6, 6.07) is 5.82. The summed E-state index contributed by atoms with van der Waals surface area (Å²) in [5, 5.41) is 41.4. The van der Waals surface area contributed by atoms with Crippen molar-refractivity contribution in [1.82, 2.24) is 0 Å². The van der Waals surface area contributed by atoms with Crippen LogP contribution < -0.4 is 25.5 Å². The summed E-state index contributed by atoms with van der Waals surface area (Å²) >= 11 is 0. The molecule has 16 nitrogen and oxygen atoms in total. The summed E-state index contributed by atoms with van der Waals surface area (Å²) < 4.78 is 35.6. The molecule has 17 heteroatoms. The van der Waals surface area contributed by atoms with Gasteiger partial charge in [0, 0.05) is 12.1 Å². The molecule has 2 aliphatic heterocycles. The number of aromatic nitrogens is 2. The lowest BCUT2D eigenvalue weighted by molar-refractivity contribution is -0.766. The van der Waals surface area contributed by atoms with Crippen molar-refractivity contribution >= 4 is 19.6 Å². The zero-order valence-electron chi connectivity index (χ0n) is 20.2. The monoisotopic (exact) mass is 571 g/mol. The molecule has 4 heterocycles. The molecule has 2 fully saturated rings. The standard InChI is InChI=1S/C22H27N4O12P/c23-19(31)11-3-1-5-25(7-11)21-17(29)15(27)13(37-21)9-35-39(33,34)36-10-14-16(28)18(30)22(38-14)26-6-2-4-12(8-26)20(24)32/h1-8,13-18,21-22,27-30H,9-10H2,(H3-2,23,24,31,32,33,34)/p+1/t13?,14?,15-,16-,17-,18-,21-,22-/m1/s1. The molecule has 0 bridgehead atoms. The summed E-state index contributed by atoms with van der Waals surface area (Å²) in [6.45, 7) is -1.47. The topological polar surface area (TPSA) is 252 Å². The third kappa shape index (κ3) is 6.47. The van der Waals surface area contributed by atoms with Gasteiger partial charge in [0.05, 0.1) is 13.2 Å². The van der Waals surface area contributed by atoms with E-state index in [2.05, 4.69) is 0 Å². The van der Waals surface area contributed by atoms with Crippen molar-refractivity contribution in [2.75, 3.05) is 13.2 Å². The number of nitrogens with two attached hydrogens (primary N) is 2. The highest BCUT2D eigenvalue weighted by atomic mass is 31.2. The molecule has 2 aromatic heterocycles. The van der Waals surface area contributed by atoms with Gasteiger partial charge < -0.3 is 55.3 Å². The molecule has 2 amide bonds. The average molecular weight is 571 g/mol. The van der Waals surface area contributed by atoms with Gasteiger partial charge in [0.15, 0.2) is 37.0 Å². The molecule has 2 saturated heterocycles. The van der Waals surface area contributed by atoms with Gasteiger partial charge in [-0.25, -0.2) is 0 Å². The van der Waals surface area contributed by atoms with Crippen LogP contribution in [0.1, 0.15) is 33.2 Å². The van der Waals surface area contributed by atoms with Crippen molar-refractivity contribution in [2.24, 2.45) is 11.5 Å². The van der Waals surface area contributed by atoms with Gasteiger partial charge in [-0.15, -0.1) is 0 Å². The normalized spacial score (nSPS) is 32.1. The Labute approximate surface area is 221 Å². The van der Waals surface area contributed by atoms with Crippen molar-refractivity contribution in [2.45, 2.75) is 49.1 Å². The van der Waals surface area contributed by atoms with Crippen LogP contribution in [0.4, 0.5) is 0 Å². The van der Waals surface area contributed by atoms with Crippen LogP contribution in [0.25, 0.3) is 0 Å². The highest BCUT2D eigenvalue weighted by molar-refractivity contribution is 7.45. The first-order chi connectivity index (χ1) is 18.4. The molecule has 0 aromatic carbocycles. The first kappa shape index (κ1) is 29.1. The number of carbonyl (C=O) groups excluding carboxylic acids is 2. The van der Waals surface area contributed by atoms with Crippen molar-refractivity contribution in [1.29, 1.82) is 0 Å². The van der Waals surface area contributed by atoms with E-state index in [1.54, 1.807) is 0 Å². The summed E-state index contributed by atoms with van der Waals surface area (Å²) in [7, 11) is -5.05. The molecule has 0 radical (unpaired) electrons. The average Bonchev–Trinajstić information content (AvgIpc) is 3.36. The number of amides is 2. The minimum absolute atomic E-state index is 0.114. The number of hydrogen-bond donors (Lipinski definition) is 6. The van der Waals surface area contributed by atoms with Gasteiger partial charge in [-0.1, -0.05) is 0 Å². The smallest absolute Gasteiger partial charge is 0.292 e. The van der Waals surface area contributed by atoms with E-state index in [1.807, 2.05) is 0 Å². The first-order valence-corrected chi connectivity index (χ1v) is 13.1. The van der Waals surface area contributed by atoms with Crippen LogP contribution in [0.3, 0.4) is 0 Å². The van der Waals surface area contributed by atoms with Gasteiger partial charge >= 0.3 is 0 Å². The van der Waals surface area contributed by atoms with Crippen LogP contribution in [-0.4, -0.2) is 82.1 Å². The molecule has 4 rings (SSSR count). The predicted molar refractivity (Wildman–Crippen MR) is 122 cm³/mol. The molecule has 0 saturated carbocycles. The minimum Gasteiger partial charge on any atom is -0.756 e. The number of carbonyl (C=O) groups is 2. The molecule has 0 spiro atoms. The van der Waals surface area contributed by atoms with Gasteiger partial charge in [0.2, 0.25) is 0 Å². The van der Waals surface area contributed by atoms with Crippen LogP contribution in [0, 0.1) is 0 Å². The summed E-state index contributed by atoms with van der Waals surface area (Å²) in [5.74, 6) is -1.45. The molecule has 8 N–H and O–H groups in total. The lowest BCUT2D eigenvalue weighted by atomic mass is 10.1. The lowest BCUT2D eigenvalue weighted by Crippen LogP contribution is -2.46. The molecule has 8 atom stereocenters. The van der Waals surface area contributed by atoms with E-state index in [0.29, 0.717) is 0 Å². The molecule has 2 aliphatic rings. The Kier molecular flexibility index (Phi) is 8.72. The van der Waals surface area contributed by atoms with Gasteiger partial charge in [0.1, 0.15) is 35.5 Å². The number of rotatable bonds is 10. The third-order valence-electron chi connectivity index (χ3n) is 6.27. The number of primary amides is 2. The second-order valence-electron chi connectivity index (χ2n) is 8.94. The number of aliphatic hydroxyl groups excluding tert-OH is 4. The first-order valence-electron chi connectivity index (χ1n) is 11.6. The van der Waals surface area contributed by atoms with Crippen LogP contribution in [-0.2, 0) is 23.1 Å². The van der Waals surface area contributed by atoms with E-state index in [9.17, 15) is 39.5 Å². The molecular formula is C22H28N4O12P+. The van der Waals surface area contributed by atoms with Gasteiger partial charge in [-0.2, -0.15) is 9.13 Å². The molecule has 39 heavy (non-hydrogen) atoms. The molecular weight excluding hydrogens is 543 g/mol. The Balaban J connectivity index is 1.33. The van der Waals surface area contributed by atoms with Gasteiger partial charge in [-0.3, -0.25) is 14.2 Å². The number of aliphatic hydroxyl groups is 4. The van der Waals surface area contributed by atoms with Crippen LogP contribution in [0.15, 0.2) is 49.1 Å². The Morgan fingerprint density at radius 1 is 0.821 bits per heavy atom. The maximum atomic E-state index is 12.3. The largest absolute Gasteiger partial charge is 0.756 e. The number of nitrogens with zero attached hydrogens (tertiary/aromatic N) is 2. The van der Waals surface area contributed by atoms with E-state index >= 15 is 0 Å². The lowest BCUT2D eigenvalue weighted by Gasteiger charge is -2.26. The van der Waals surface area contributed by atoms with E-state index < -0.39 is 81.9 Å². The quantitative estimate of drug-likeness (QED) is 0.118. The van der Waals surface area contributed by atoms with Crippen molar-refractivity contribution < 1.29 is 67.1 Å². The highest BCUT2D eigenvalue weighted by Gasteiger charge is 2.50. The SMILES string of the molecule is NC(=O)c1ccc[n+]([C@@H]2OC(COP(=O)([O-])OCC3O[C@@H]([n+]4cccc(C(N)=O)c4)[C@H](O)[C@@H]3O)[C@@H](O)[C@H]2O)c1. The van der Waals surface area contributed by atoms with E-state index in [1.165, 1.54) is 58.2 Å². The maximum absolute atomic E-state index is 12.3. The van der Waals surface area contributed by atoms with Crippen LogP contribution in [0.2, 0.25) is 0 Å². The predicted octanol–water partition coefficient (Wildman–Crippen LogP) is -4.10. The summed E-state index contributed by atoms with van der Waals surface area (Å²) in [4.78, 5) is 35.2. The summed E-state index contributed by atoms with van der Waals surface area (Å²) in [5.41, 5.74) is 10.7. The van der Waals surface area contributed by atoms with E-state index in [-0.39, 0.29) is 11.1 Å². The van der Waals surface area contributed by atoms with Crippen LogP contribution in [0.5, 0.6) is 0 Å². The fourth-order valence-electron chi connectivity index (χ4n) is 4.19. The molecule has 2 aromatic rings. The Hall–Kier alpha value is -2.89. The molecule has 0 aliphatic carbocycles. The fourth-order valence-corrected chi connectivity index (χ4v) is 4.92. The minimum atomic E-state index is -5.05. The Bertz CT molecular complexity index is 1180. The number of phosphoric ester groups is 1. The van der Waals surface area contributed by atoms with E-state index in [4.69, 9.17) is 30.0 Å². The van der Waals surface area contributed by atoms with Crippen LogP contribution >= 0.6 is 7.82 Å². The van der Waals surface area contributed by atoms with Gasteiger partial charge in [0.25, 0.3) is 32.1 Å². The van der Waals surface area contributed by atoms with Crippen molar-refractivity contribution in [3.05, 3.63) is 60.2 Å². The number of pyridine rings is 2. The zero-order chi connectivity index (χ0) is 28.5. The fraction of sp³-hybridized carbons (Fsp3) is 0.455. The summed E-state index contributed by atoms with van der Waals surface area (Å²) in [6.07, 6.45) is -5.54. The number of hydrogen-bond acceptors (Lipinski definition) is 12.